The van der Waals surface area contributed by atoms with Crippen LogP contribution in [0.4, 0.5) is 0 Å². The van der Waals surface area contributed by atoms with Crippen molar-refractivity contribution in [2.24, 2.45) is 0 Å². The van der Waals surface area contributed by atoms with Gasteiger partial charge in [0.2, 0.25) is 0 Å². The zero-order valence-electron chi connectivity index (χ0n) is 7.10. The molecule has 0 aromatic heterocycles. The second kappa shape index (κ2) is 5.59. The van der Waals surface area contributed by atoms with Crippen molar-refractivity contribution in [3.05, 3.63) is 6.92 Å². The molecule has 1 aliphatic heterocycles. The normalized spacial score (nSPS) is 27.0. The van der Waals surface area contributed by atoms with E-state index in [9.17, 15) is 0 Å². The van der Waals surface area contributed by atoms with Gasteiger partial charge in [-0.3, -0.25) is 0 Å². The van der Waals surface area contributed by atoms with Crippen molar-refractivity contribution in [2.75, 3.05) is 6.61 Å². The molecule has 1 saturated heterocycles. The summed E-state index contributed by atoms with van der Waals surface area (Å²) >= 11 is 0. The van der Waals surface area contributed by atoms with Gasteiger partial charge in [0, 0.05) is 0 Å². The summed E-state index contributed by atoms with van der Waals surface area (Å²) in [6, 6.07) is 0. The Morgan fingerprint density at radius 3 is 2.27 bits per heavy atom. The van der Waals surface area contributed by atoms with Crippen LogP contribution in [-0.2, 0) is 9.47 Å². The summed E-state index contributed by atoms with van der Waals surface area (Å²) in [7, 11) is 0. The third-order valence-electron chi connectivity index (χ3n) is 1.39. The summed E-state index contributed by atoms with van der Waals surface area (Å²) in [4.78, 5) is 0. The van der Waals surface area contributed by atoms with E-state index >= 15 is 0 Å². The Morgan fingerprint density at radius 1 is 1.55 bits per heavy atom. The van der Waals surface area contributed by atoms with Gasteiger partial charge in [-0.15, -0.1) is 0 Å². The van der Waals surface area contributed by atoms with E-state index in [-0.39, 0.29) is 47.4 Å². The average molecular weight is 189 g/mol. The number of hydrogen-bond donors (Lipinski definition) is 0. The molecule has 1 fully saturated rings. The smallest absolute Gasteiger partial charge is 1.00 e. The van der Waals surface area contributed by atoms with E-state index in [1.165, 1.54) is 0 Å². The fourth-order valence-electron chi connectivity index (χ4n) is 0.905. The first-order valence-corrected chi connectivity index (χ1v) is 3.25. The molecule has 0 aromatic rings. The quantitative estimate of drug-likeness (QED) is 0.350. The topological polar surface area (TPSA) is 18.5 Å². The van der Waals surface area contributed by atoms with Crippen molar-refractivity contribution in [3.63, 3.8) is 0 Å². The summed E-state index contributed by atoms with van der Waals surface area (Å²) in [5.74, 6) is -0.373. The van der Waals surface area contributed by atoms with Gasteiger partial charge in [0.05, 0.1) is 12.7 Å². The van der Waals surface area contributed by atoms with Gasteiger partial charge in [-0.1, -0.05) is 0 Å². The van der Waals surface area contributed by atoms with Gasteiger partial charge in [0.1, 0.15) is 0 Å². The van der Waals surface area contributed by atoms with Crippen LogP contribution in [0, 0.1) is 6.92 Å². The zero-order chi connectivity index (χ0) is 6.91. The monoisotopic (exact) mass is 188 g/mol. The molecular weight excluding hydrogens is 176 g/mol. The van der Waals surface area contributed by atoms with Crippen LogP contribution in [0.25, 0.3) is 0 Å². The van der Waals surface area contributed by atoms with Crippen LogP contribution >= 0.6 is 0 Å². The van der Waals surface area contributed by atoms with E-state index in [4.69, 9.17) is 9.47 Å². The number of ether oxygens (including phenoxy) is 2. The summed E-state index contributed by atoms with van der Waals surface area (Å²) in [5.41, 5.74) is 0. The summed E-state index contributed by atoms with van der Waals surface area (Å²) < 4.78 is 10.7. The van der Waals surface area contributed by atoms with Gasteiger partial charge >= 0.3 is 23.1 Å². The van der Waals surface area contributed by atoms with Crippen LogP contribution in [0.1, 0.15) is 20.3 Å². The molecule has 0 amide bonds. The van der Waals surface area contributed by atoms with E-state index in [0.717, 1.165) is 6.42 Å². The van der Waals surface area contributed by atoms with Crippen molar-refractivity contribution in [3.8, 4) is 0 Å². The van der Waals surface area contributed by atoms with Crippen LogP contribution in [-0.4, -0.2) is 41.6 Å². The molecule has 4 heteroatoms. The molecule has 1 heterocycles. The summed E-state index contributed by atoms with van der Waals surface area (Å²) in [6.45, 7) is 8.26. The second-order valence-electron chi connectivity index (χ2n) is 2.74. The molecular formula is C7H13ClMgO2. The van der Waals surface area contributed by atoms with E-state index in [0.29, 0.717) is 6.61 Å². The largest absolute Gasteiger partial charge is 2.00 e. The molecule has 1 aliphatic rings. The standard InChI is InChI=1S/C7H13O2.ClH.Mg/c1-4-6-5-8-7(2,3)9-6;;/h6H,1,4-5H2,2-3H3;1H;/q-1;;+2/p-1/t6-;;/m1../s1. The van der Waals surface area contributed by atoms with Crippen molar-refractivity contribution in [1.82, 2.24) is 0 Å². The van der Waals surface area contributed by atoms with Crippen LogP contribution < -0.4 is 12.4 Å². The Bertz CT molecular complexity index is 109. The number of halogens is 1. The van der Waals surface area contributed by atoms with Crippen molar-refractivity contribution in [1.29, 1.82) is 0 Å². The van der Waals surface area contributed by atoms with E-state index in [1.54, 1.807) is 0 Å². The molecule has 0 aliphatic carbocycles. The Labute approximate surface area is 90.6 Å². The van der Waals surface area contributed by atoms with Gasteiger partial charge in [-0.05, 0) is 13.8 Å². The van der Waals surface area contributed by atoms with Crippen molar-refractivity contribution in [2.45, 2.75) is 32.2 Å². The van der Waals surface area contributed by atoms with E-state index < -0.39 is 0 Å². The molecule has 0 bridgehead atoms. The molecule has 1 atom stereocenters. The molecule has 0 N–H and O–H groups in total. The molecule has 2 nitrogen and oxygen atoms in total. The van der Waals surface area contributed by atoms with Gasteiger partial charge in [-0.25, -0.2) is 0 Å². The van der Waals surface area contributed by atoms with Crippen LogP contribution in [0.3, 0.4) is 0 Å². The van der Waals surface area contributed by atoms with Crippen LogP contribution in [0.2, 0.25) is 0 Å². The minimum absolute atomic E-state index is 0. The van der Waals surface area contributed by atoms with Crippen LogP contribution in [0.5, 0.6) is 0 Å². The van der Waals surface area contributed by atoms with Gasteiger partial charge < -0.3 is 28.8 Å². The maximum atomic E-state index is 5.41. The maximum absolute atomic E-state index is 5.41. The first-order chi connectivity index (χ1) is 4.14. The second-order valence-corrected chi connectivity index (χ2v) is 2.74. The molecule has 11 heavy (non-hydrogen) atoms. The van der Waals surface area contributed by atoms with E-state index in [1.807, 2.05) is 13.8 Å². The van der Waals surface area contributed by atoms with Gasteiger partial charge in [0.15, 0.2) is 5.79 Å². The zero-order valence-corrected chi connectivity index (χ0v) is 9.27. The molecule has 0 radical (unpaired) electrons. The average Bonchev–Trinajstić information content (AvgIpc) is 2.10. The number of hydrogen-bond acceptors (Lipinski definition) is 2. The fraction of sp³-hybridized carbons (Fsp3) is 0.857. The molecule has 0 unspecified atom stereocenters. The third kappa shape index (κ3) is 4.53. The first-order valence-electron chi connectivity index (χ1n) is 3.25. The predicted molar refractivity (Wildman–Crippen MR) is 40.6 cm³/mol. The van der Waals surface area contributed by atoms with E-state index in [2.05, 4.69) is 6.92 Å². The molecule has 0 saturated carbocycles. The Kier molecular flexibility index (Phi) is 7.37. The molecule has 0 aromatic carbocycles. The Balaban J connectivity index is 0. The third-order valence-corrected chi connectivity index (χ3v) is 1.39. The minimum Gasteiger partial charge on any atom is -1.00 e. The molecule has 62 valence electrons. The summed E-state index contributed by atoms with van der Waals surface area (Å²) in [5, 5.41) is 0. The Hall–Kier alpha value is 0.976. The van der Waals surface area contributed by atoms with Gasteiger partial charge in [-0.2, -0.15) is 6.42 Å². The van der Waals surface area contributed by atoms with Gasteiger partial charge in [0.25, 0.3) is 0 Å². The van der Waals surface area contributed by atoms with Crippen molar-refractivity contribution < 1.29 is 21.9 Å². The maximum Gasteiger partial charge on any atom is 2.00 e. The molecule has 0 spiro atoms. The van der Waals surface area contributed by atoms with Crippen LogP contribution in [0.15, 0.2) is 0 Å². The minimum atomic E-state index is -0.373. The molecule has 1 rings (SSSR count). The fourth-order valence-corrected chi connectivity index (χ4v) is 0.905. The summed E-state index contributed by atoms with van der Waals surface area (Å²) in [6.07, 6.45) is 1.00. The Morgan fingerprint density at radius 2 is 2.09 bits per heavy atom. The van der Waals surface area contributed by atoms with Crippen molar-refractivity contribution >= 4 is 23.1 Å². The SMILES string of the molecule is [CH2-]C[C@@H]1COC(C)(C)O1.[Cl-].[Mg+2]. The first kappa shape index (κ1) is 14.5. The number of rotatable bonds is 1. The predicted octanol–water partition coefficient (Wildman–Crippen LogP) is -2.01.